The quantitative estimate of drug-likeness (QED) is 0.357. The first-order chi connectivity index (χ1) is 18.5. The second-order valence-electron chi connectivity index (χ2n) is 10.4. The molecule has 1 fully saturated rings. The van der Waals surface area contributed by atoms with Gasteiger partial charge in [0.2, 0.25) is 0 Å². The molecule has 1 saturated carbocycles. The molecule has 1 aliphatic heterocycles. The number of benzene rings is 3. The summed E-state index contributed by atoms with van der Waals surface area (Å²) in [6.07, 6.45) is 3.51. The predicted octanol–water partition coefficient (Wildman–Crippen LogP) is 5.78. The average Bonchev–Trinajstić information content (AvgIpc) is 3.40. The summed E-state index contributed by atoms with van der Waals surface area (Å²) in [6, 6.07) is 24.6. The SMILES string of the molecule is COC(=O)C1Cc2c(cccc2OCc2ccccc2)CN1C(=O)C(OC1(C)CCCC1)c1ccccc1. The van der Waals surface area contributed by atoms with Gasteiger partial charge in [0.05, 0.1) is 12.7 Å². The zero-order valence-corrected chi connectivity index (χ0v) is 22.1. The first kappa shape index (κ1) is 26.0. The highest BCUT2D eigenvalue weighted by molar-refractivity contribution is 5.88. The molecule has 5 rings (SSSR count). The molecule has 6 heteroatoms. The van der Waals surface area contributed by atoms with Gasteiger partial charge in [0.25, 0.3) is 5.91 Å². The number of rotatable bonds is 8. The van der Waals surface area contributed by atoms with Crippen LogP contribution in [0.5, 0.6) is 5.75 Å². The highest BCUT2D eigenvalue weighted by Gasteiger charge is 2.42. The van der Waals surface area contributed by atoms with Crippen LogP contribution in [-0.2, 0) is 38.6 Å². The van der Waals surface area contributed by atoms with Gasteiger partial charge in [-0.1, -0.05) is 85.6 Å². The Bertz CT molecular complexity index is 1250. The van der Waals surface area contributed by atoms with Crippen molar-refractivity contribution in [1.82, 2.24) is 4.90 Å². The van der Waals surface area contributed by atoms with E-state index in [9.17, 15) is 9.59 Å². The summed E-state index contributed by atoms with van der Waals surface area (Å²) in [5, 5.41) is 0. The molecule has 38 heavy (non-hydrogen) atoms. The molecule has 0 spiro atoms. The number of hydrogen-bond acceptors (Lipinski definition) is 5. The van der Waals surface area contributed by atoms with Crippen molar-refractivity contribution in [3.8, 4) is 5.75 Å². The van der Waals surface area contributed by atoms with Gasteiger partial charge in [0.15, 0.2) is 6.10 Å². The number of amides is 1. The van der Waals surface area contributed by atoms with E-state index >= 15 is 0 Å². The van der Waals surface area contributed by atoms with Crippen LogP contribution in [0, 0.1) is 0 Å². The zero-order valence-electron chi connectivity index (χ0n) is 22.1. The van der Waals surface area contributed by atoms with Gasteiger partial charge in [-0.3, -0.25) is 4.79 Å². The van der Waals surface area contributed by atoms with Crippen molar-refractivity contribution in [2.75, 3.05) is 7.11 Å². The van der Waals surface area contributed by atoms with E-state index in [4.69, 9.17) is 14.2 Å². The lowest BCUT2D eigenvalue weighted by atomic mass is 9.92. The molecular weight excluding hydrogens is 478 g/mol. The van der Waals surface area contributed by atoms with E-state index in [0.29, 0.717) is 13.0 Å². The number of carbonyl (C=O) groups excluding carboxylic acids is 2. The highest BCUT2D eigenvalue weighted by Crippen LogP contribution is 2.39. The second-order valence-corrected chi connectivity index (χ2v) is 10.4. The lowest BCUT2D eigenvalue weighted by Gasteiger charge is -2.39. The Morgan fingerprint density at radius 3 is 2.32 bits per heavy atom. The Morgan fingerprint density at radius 1 is 0.947 bits per heavy atom. The molecule has 2 atom stereocenters. The molecule has 3 aromatic carbocycles. The first-order valence-electron chi connectivity index (χ1n) is 13.4. The summed E-state index contributed by atoms with van der Waals surface area (Å²) < 4.78 is 18.0. The minimum absolute atomic E-state index is 0.221. The molecule has 1 aliphatic carbocycles. The van der Waals surface area contributed by atoms with E-state index in [1.165, 1.54) is 7.11 Å². The van der Waals surface area contributed by atoms with Crippen molar-refractivity contribution in [3.63, 3.8) is 0 Å². The second kappa shape index (κ2) is 11.4. The molecule has 2 aliphatic rings. The number of fused-ring (bicyclic) bond motifs is 1. The molecular formula is C32H35NO5. The van der Waals surface area contributed by atoms with E-state index in [1.807, 2.05) is 78.9 Å². The van der Waals surface area contributed by atoms with Crippen molar-refractivity contribution in [2.24, 2.45) is 0 Å². The van der Waals surface area contributed by atoms with Crippen LogP contribution in [0.3, 0.4) is 0 Å². The zero-order chi connectivity index (χ0) is 26.5. The van der Waals surface area contributed by atoms with Crippen LogP contribution < -0.4 is 4.74 Å². The van der Waals surface area contributed by atoms with Crippen molar-refractivity contribution in [2.45, 2.75) is 69.9 Å². The number of methoxy groups -OCH3 is 1. The van der Waals surface area contributed by atoms with Crippen LogP contribution in [0.15, 0.2) is 78.9 Å². The molecule has 0 radical (unpaired) electrons. The summed E-state index contributed by atoms with van der Waals surface area (Å²) in [5.41, 5.74) is 3.37. The molecule has 0 aromatic heterocycles. The molecule has 1 amide bonds. The topological polar surface area (TPSA) is 65.1 Å². The van der Waals surface area contributed by atoms with Gasteiger partial charge < -0.3 is 19.1 Å². The van der Waals surface area contributed by atoms with Gasteiger partial charge in [0, 0.05) is 18.5 Å². The molecule has 1 heterocycles. The number of esters is 1. The molecule has 6 nitrogen and oxygen atoms in total. The molecule has 198 valence electrons. The highest BCUT2D eigenvalue weighted by atomic mass is 16.5. The largest absolute Gasteiger partial charge is 0.489 e. The van der Waals surface area contributed by atoms with Gasteiger partial charge in [-0.25, -0.2) is 4.79 Å². The number of hydrogen-bond donors (Lipinski definition) is 0. The normalized spacial score (nSPS) is 18.9. The van der Waals surface area contributed by atoms with Crippen LogP contribution in [0.1, 0.15) is 61.0 Å². The molecule has 2 unspecified atom stereocenters. The summed E-state index contributed by atoms with van der Waals surface area (Å²) in [4.78, 5) is 28.9. The van der Waals surface area contributed by atoms with Crippen LogP contribution in [0.2, 0.25) is 0 Å². The maximum atomic E-state index is 14.2. The van der Waals surface area contributed by atoms with Gasteiger partial charge in [-0.2, -0.15) is 0 Å². The molecule has 0 saturated heterocycles. The van der Waals surface area contributed by atoms with Crippen LogP contribution in [-0.4, -0.2) is 35.5 Å². The van der Waals surface area contributed by atoms with Gasteiger partial charge in [-0.15, -0.1) is 0 Å². The van der Waals surface area contributed by atoms with Gasteiger partial charge in [-0.05, 0) is 42.5 Å². The lowest BCUT2D eigenvalue weighted by Crippen LogP contribution is -2.51. The Balaban J connectivity index is 1.45. The predicted molar refractivity (Wildman–Crippen MR) is 144 cm³/mol. The Labute approximate surface area is 224 Å². The van der Waals surface area contributed by atoms with Crippen molar-refractivity contribution < 1.29 is 23.8 Å². The maximum absolute atomic E-state index is 14.2. The number of ether oxygens (including phenoxy) is 3. The average molecular weight is 514 g/mol. The minimum Gasteiger partial charge on any atom is -0.489 e. The fourth-order valence-corrected chi connectivity index (χ4v) is 5.60. The fourth-order valence-electron chi connectivity index (χ4n) is 5.60. The van der Waals surface area contributed by atoms with Crippen molar-refractivity contribution >= 4 is 11.9 Å². The molecule has 3 aromatic rings. The van der Waals surface area contributed by atoms with Crippen LogP contribution >= 0.6 is 0 Å². The number of nitrogens with zero attached hydrogens (tertiary/aromatic N) is 1. The van der Waals surface area contributed by atoms with Gasteiger partial charge in [0.1, 0.15) is 18.4 Å². The first-order valence-corrected chi connectivity index (χ1v) is 13.4. The van der Waals surface area contributed by atoms with Crippen molar-refractivity contribution in [1.29, 1.82) is 0 Å². The van der Waals surface area contributed by atoms with E-state index in [0.717, 1.165) is 53.7 Å². The smallest absolute Gasteiger partial charge is 0.328 e. The van der Waals surface area contributed by atoms with E-state index in [1.54, 1.807) is 4.90 Å². The minimum atomic E-state index is -0.800. The summed E-state index contributed by atoms with van der Waals surface area (Å²) >= 11 is 0. The molecule has 0 bridgehead atoms. The Kier molecular flexibility index (Phi) is 7.79. The third kappa shape index (κ3) is 5.60. The Hall–Kier alpha value is -3.64. The van der Waals surface area contributed by atoms with Crippen LogP contribution in [0.4, 0.5) is 0 Å². The van der Waals surface area contributed by atoms with Crippen LogP contribution in [0.25, 0.3) is 0 Å². The third-order valence-electron chi connectivity index (χ3n) is 7.73. The molecule has 0 N–H and O–H groups in total. The van der Waals surface area contributed by atoms with E-state index < -0.39 is 18.1 Å². The van der Waals surface area contributed by atoms with Gasteiger partial charge >= 0.3 is 5.97 Å². The van der Waals surface area contributed by atoms with E-state index in [-0.39, 0.29) is 18.1 Å². The summed E-state index contributed by atoms with van der Waals surface area (Å²) in [7, 11) is 1.36. The van der Waals surface area contributed by atoms with Crippen molar-refractivity contribution in [3.05, 3.63) is 101 Å². The third-order valence-corrected chi connectivity index (χ3v) is 7.73. The standard InChI is InChI=1S/C32H35NO5/c1-32(18-9-10-19-32)38-29(24-14-7-4-8-15-24)30(34)33-21-25-16-11-17-28(26(25)20-27(33)31(35)36-2)37-22-23-12-5-3-6-13-23/h3-8,11-17,27,29H,9-10,18-22H2,1-2H3. The fraction of sp³-hybridized carbons (Fsp3) is 0.375. The number of carbonyl (C=O) groups is 2. The lowest BCUT2D eigenvalue weighted by molar-refractivity contribution is -0.167. The summed E-state index contributed by atoms with van der Waals surface area (Å²) in [6.45, 7) is 2.79. The monoisotopic (exact) mass is 513 g/mol. The van der Waals surface area contributed by atoms with E-state index in [2.05, 4.69) is 6.92 Å². The Morgan fingerprint density at radius 2 is 1.63 bits per heavy atom. The summed E-state index contributed by atoms with van der Waals surface area (Å²) in [5.74, 6) is 0.0587. The maximum Gasteiger partial charge on any atom is 0.328 e.